The van der Waals surface area contributed by atoms with Gasteiger partial charge in [-0.1, -0.05) is 108 Å². The second kappa shape index (κ2) is 21.5. The van der Waals surface area contributed by atoms with Crippen molar-refractivity contribution < 1.29 is 42.9 Å². The van der Waals surface area contributed by atoms with Crippen molar-refractivity contribution in [3.63, 3.8) is 0 Å². The highest BCUT2D eigenvalue weighted by Crippen LogP contribution is 2.43. The predicted molar refractivity (Wildman–Crippen MR) is 277 cm³/mol. The van der Waals surface area contributed by atoms with E-state index in [4.69, 9.17) is 35.6 Å². The van der Waals surface area contributed by atoms with Gasteiger partial charge >= 0.3 is 17.1 Å². The third-order valence-electron chi connectivity index (χ3n) is 11.4. The summed E-state index contributed by atoms with van der Waals surface area (Å²) < 4.78 is 18.0. The fraction of sp³-hybridized carbons (Fsp3) is 0.269. The zero-order valence-electron chi connectivity index (χ0n) is 40.4. The number of nitrogens with two attached hydrogens (primary N) is 2. The summed E-state index contributed by atoms with van der Waals surface area (Å²) >= 11 is 3.82. The number of nitrogens with one attached hydrogen (secondary N) is 2. The lowest BCUT2D eigenvalue weighted by Gasteiger charge is -2.49. The van der Waals surface area contributed by atoms with E-state index < -0.39 is 51.9 Å². The third kappa shape index (κ3) is 11.2. The smallest absolute Gasteiger partial charge is 0.384 e. The third-order valence-corrected chi connectivity index (χ3v) is 14.6. The summed E-state index contributed by atoms with van der Waals surface area (Å²) in [5.41, 5.74) is 6.38. The lowest BCUT2D eigenvalue weighted by atomic mass is 9.77. The number of thiazole rings is 1. The minimum atomic E-state index is -1.66. The Hall–Kier alpha value is -7.42. The first kappa shape index (κ1) is 51.0. The summed E-state index contributed by atoms with van der Waals surface area (Å²) in [6.45, 7) is 8.04. The number of nitrogen functional groups attached to an aromatic ring is 2. The van der Waals surface area contributed by atoms with E-state index >= 15 is 0 Å². The fourth-order valence-electron chi connectivity index (χ4n) is 7.80. The van der Waals surface area contributed by atoms with Crippen LogP contribution in [0.1, 0.15) is 62.6 Å². The van der Waals surface area contributed by atoms with E-state index in [1.54, 1.807) is 69.8 Å². The molecule has 2 amide bonds. The molecule has 372 valence electrons. The molecule has 2 aliphatic heterocycles. The molecule has 0 aliphatic carbocycles. The van der Waals surface area contributed by atoms with Crippen molar-refractivity contribution in [2.45, 2.75) is 74.5 Å². The first-order chi connectivity index (χ1) is 34.5. The lowest BCUT2D eigenvalue weighted by molar-refractivity contribution is -0.682. The minimum absolute atomic E-state index is 0.0491. The van der Waals surface area contributed by atoms with E-state index in [1.807, 2.05) is 91.0 Å². The molecule has 72 heavy (non-hydrogen) atoms. The van der Waals surface area contributed by atoms with Crippen LogP contribution in [0.5, 0.6) is 5.75 Å². The highest BCUT2D eigenvalue weighted by Gasteiger charge is 2.55. The number of benzene rings is 4. The Morgan fingerprint density at radius 1 is 0.875 bits per heavy atom. The summed E-state index contributed by atoms with van der Waals surface area (Å²) in [6.07, 6.45) is 1.57. The topological polar surface area (TPSA) is 227 Å². The maximum absolute atomic E-state index is 14.7. The van der Waals surface area contributed by atoms with Crippen molar-refractivity contribution in [3.05, 3.63) is 172 Å². The van der Waals surface area contributed by atoms with Gasteiger partial charge in [-0.15, -0.1) is 27.8 Å². The predicted octanol–water partition coefficient (Wildman–Crippen LogP) is 6.56. The Balaban J connectivity index is 1.11. The molecule has 8 rings (SSSR count). The van der Waals surface area contributed by atoms with Crippen LogP contribution in [0.2, 0.25) is 0 Å². The molecule has 0 saturated carbocycles. The number of fused-ring (bicyclic) bond motifs is 1. The highest BCUT2D eigenvalue weighted by atomic mass is 32.2. The Labute approximate surface area is 429 Å². The number of rotatable bonds is 18. The number of methoxy groups -OCH3 is 1. The average Bonchev–Trinajstić information content (AvgIpc) is 3.84. The van der Waals surface area contributed by atoms with Crippen LogP contribution in [-0.2, 0) is 45.6 Å². The Kier molecular flexibility index (Phi) is 15.2. The number of ether oxygens (including phenoxy) is 3. The zero-order chi connectivity index (χ0) is 51.2. The van der Waals surface area contributed by atoms with Crippen LogP contribution >= 0.6 is 34.9 Å². The van der Waals surface area contributed by atoms with Crippen molar-refractivity contribution in [2.75, 3.05) is 35.5 Å². The second-order valence-corrected chi connectivity index (χ2v) is 21.0. The van der Waals surface area contributed by atoms with Crippen LogP contribution < -0.4 is 31.6 Å². The van der Waals surface area contributed by atoms with Gasteiger partial charge in [-0.25, -0.2) is 14.6 Å². The normalized spacial score (nSPS) is 16.0. The maximum Gasteiger partial charge on any atom is 0.384 e. The molecule has 4 heterocycles. The van der Waals surface area contributed by atoms with Crippen LogP contribution in [0, 0.1) is 0 Å². The van der Waals surface area contributed by atoms with Gasteiger partial charge in [0.1, 0.15) is 52.5 Å². The Morgan fingerprint density at radius 2 is 1.49 bits per heavy atom. The molecule has 6 aromatic rings. The summed E-state index contributed by atoms with van der Waals surface area (Å²) in [7, 11) is 1.56. The Bertz CT molecular complexity index is 2910. The van der Waals surface area contributed by atoms with Crippen molar-refractivity contribution >= 4 is 75.3 Å². The molecule has 2 atom stereocenters. The number of carbonyl (C=O) groups excluding carboxylic acids is 4. The molecular formula is C52H54N9O8S3+. The zero-order valence-corrected chi connectivity index (χ0v) is 42.8. The molecule has 0 bridgehead atoms. The number of thioether (sulfide) groups is 2. The molecule has 2 aliphatic rings. The summed E-state index contributed by atoms with van der Waals surface area (Å²) in [5.74, 6) is 4.69. The molecule has 0 spiro atoms. The number of amides is 2. The minimum Gasteiger partial charge on any atom is -0.497 e. The summed E-state index contributed by atoms with van der Waals surface area (Å²) in [6, 6.07) is 37.3. The van der Waals surface area contributed by atoms with Crippen LogP contribution in [0.15, 0.2) is 154 Å². The molecule has 0 radical (unpaired) electrons. The number of aromatic nitrogens is 3. The van der Waals surface area contributed by atoms with Gasteiger partial charge in [-0.2, -0.15) is 0 Å². The van der Waals surface area contributed by atoms with E-state index in [1.165, 1.54) is 58.3 Å². The van der Waals surface area contributed by atoms with Crippen molar-refractivity contribution in [1.82, 2.24) is 20.2 Å². The molecule has 1 saturated heterocycles. The van der Waals surface area contributed by atoms with Gasteiger partial charge in [0, 0.05) is 23.0 Å². The molecule has 4 aromatic carbocycles. The summed E-state index contributed by atoms with van der Waals surface area (Å²) in [5, 5.41) is 12.6. The van der Waals surface area contributed by atoms with Gasteiger partial charge in [0.05, 0.1) is 7.11 Å². The van der Waals surface area contributed by atoms with E-state index in [0.29, 0.717) is 27.2 Å². The second-order valence-electron chi connectivity index (χ2n) is 18.1. The number of nitrogens with zero attached hydrogens (tertiary/aromatic N) is 5. The number of anilines is 2. The number of carbonyl (C=O) groups is 4. The largest absolute Gasteiger partial charge is 0.497 e. The Morgan fingerprint density at radius 3 is 2.07 bits per heavy atom. The number of hydrogen-bond donors (Lipinski definition) is 4. The van der Waals surface area contributed by atoms with E-state index in [-0.39, 0.29) is 41.0 Å². The first-order valence-electron chi connectivity index (χ1n) is 22.7. The number of esters is 2. The van der Waals surface area contributed by atoms with Gasteiger partial charge in [0.15, 0.2) is 10.8 Å². The first-order valence-corrected chi connectivity index (χ1v) is 25.6. The highest BCUT2D eigenvalue weighted by molar-refractivity contribution is 8.01. The number of oxime groups is 1. The van der Waals surface area contributed by atoms with E-state index in [0.717, 1.165) is 16.7 Å². The number of β-lactam (4-membered cyclic amide) rings is 1. The van der Waals surface area contributed by atoms with Crippen molar-refractivity contribution in [3.8, 4) is 5.75 Å². The average molecular weight is 1030 g/mol. The van der Waals surface area contributed by atoms with Gasteiger partial charge in [-0.05, 0) is 91.3 Å². The lowest BCUT2D eigenvalue weighted by Crippen LogP contribution is -2.71. The molecule has 6 N–H and O–H groups in total. The quantitative estimate of drug-likeness (QED) is 0.00823. The molecule has 17 nitrogen and oxygen atoms in total. The molecule has 20 heteroatoms. The van der Waals surface area contributed by atoms with Gasteiger partial charge < -0.3 is 35.4 Å². The van der Waals surface area contributed by atoms with Crippen molar-refractivity contribution in [1.29, 1.82) is 0 Å². The van der Waals surface area contributed by atoms with E-state index in [2.05, 4.69) is 20.8 Å². The van der Waals surface area contributed by atoms with Gasteiger partial charge in [0.25, 0.3) is 11.8 Å². The van der Waals surface area contributed by atoms with Crippen LogP contribution in [0.25, 0.3) is 0 Å². The van der Waals surface area contributed by atoms with Crippen LogP contribution in [0.4, 0.5) is 10.9 Å². The fourth-order valence-corrected chi connectivity index (χ4v) is 10.9. The van der Waals surface area contributed by atoms with Crippen molar-refractivity contribution in [2.24, 2.45) is 5.16 Å². The SMILES string of the molecule is COc1ccc(COC(=O)C2=C(CSc3nc(N)cc[n+]3N)CSC3C(NC(=O)/C(=N\OC(C)(C)C(=O)OC(C)(C)C)c4csc(NC(c5ccccc5)(c5ccccc5)c5ccccc5)n4)C(=O)N23)cc1. The molecule has 2 unspecified atom stereocenters. The van der Waals surface area contributed by atoms with Crippen LogP contribution in [0.3, 0.4) is 0 Å². The molecular weight excluding hydrogens is 975 g/mol. The summed E-state index contributed by atoms with van der Waals surface area (Å²) in [4.78, 5) is 73.1. The maximum atomic E-state index is 14.7. The van der Waals surface area contributed by atoms with E-state index in [9.17, 15) is 19.2 Å². The monoisotopic (exact) mass is 1030 g/mol. The van der Waals surface area contributed by atoms with Gasteiger partial charge in [-0.3, -0.25) is 20.3 Å². The number of hydrogen-bond acceptors (Lipinski definition) is 17. The molecule has 2 aromatic heterocycles. The van der Waals surface area contributed by atoms with Gasteiger partial charge in [0.2, 0.25) is 11.4 Å². The van der Waals surface area contributed by atoms with Crippen LogP contribution in [-0.4, -0.2) is 85.6 Å². The standard InChI is InChI=1S/C52H53N9O8S3/c1-50(2,3)68-47(65)51(4,5)69-59-40(38-31-71-48(55-38)58-52(34-16-10-7-11-17-34,35-18-12-8-13-19-35)36-20-14-9-15-21-36)43(62)57-41-44(63)61-42(46(64)67-28-32-22-24-37(66-6)25-23-32)33(29-70-45(41)61)30-72-49-56-39(53)26-27-60(49)54/h7-27,31,41,45,53H,28-30,54H2,1-6H3,(H2,55,57,58,62)/p+1/b59-40-. The molecule has 1 fully saturated rings.